The maximum Gasteiger partial charge on any atom is 0.0754 e. The highest BCUT2D eigenvalue weighted by Crippen LogP contribution is 2.64. The third-order valence-corrected chi connectivity index (χ3v) is 19.6. The molecule has 4 aliphatic rings. The van der Waals surface area contributed by atoms with Crippen molar-refractivity contribution in [1.29, 1.82) is 0 Å². The highest BCUT2D eigenvalue weighted by atomic mass is 15.1. The van der Waals surface area contributed by atoms with Crippen molar-refractivity contribution in [3.05, 3.63) is 348 Å². The molecule has 1 atom stereocenters. The van der Waals surface area contributed by atoms with Gasteiger partial charge in [0.15, 0.2) is 0 Å². The number of fused-ring (bicyclic) bond motifs is 24. The molecule has 14 aromatic carbocycles. The van der Waals surface area contributed by atoms with Crippen LogP contribution in [0.3, 0.4) is 0 Å². The summed E-state index contributed by atoms with van der Waals surface area (Å²) in [6.07, 6.45) is 0. The van der Waals surface area contributed by atoms with Crippen molar-refractivity contribution < 1.29 is 0 Å². The minimum Gasteiger partial charge on any atom is -0.310 e. The van der Waals surface area contributed by atoms with Crippen LogP contribution >= 0.6 is 0 Å². The molecule has 1 aliphatic heterocycles. The van der Waals surface area contributed by atoms with Crippen LogP contribution in [0, 0.1) is 0 Å². The van der Waals surface area contributed by atoms with Gasteiger partial charge in [0.1, 0.15) is 0 Å². The molecular formula is C82H50N2. The molecule has 15 aromatic rings. The summed E-state index contributed by atoms with van der Waals surface area (Å²) in [4.78, 5) is 2.48. The number of anilines is 3. The molecule has 2 spiro atoms. The van der Waals surface area contributed by atoms with Crippen LogP contribution in [0.2, 0.25) is 0 Å². The van der Waals surface area contributed by atoms with Gasteiger partial charge in [0.25, 0.3) is 0 Å². The van der Waals surface area contributed by atoms with Gasteiger partial charge in [0.05, 0.1) is 27.6 Å². The van der Waals surface area contributed by atoms with E-state index < -0.39 is 10.8 Å². The summed E-state index contributed by atoms with van der Waals surface area (Å²) in [6, 6.07) is 115. The van der Waals surface area contributed by atoms with Crippen molar-refractivity contribution in [2.75, 3.05) is 4.90 Å². The molecule has 0 bridgehead atoms. The lowest BCUT2D eigenvalue weighted by molar-refractivity contribution is 0.749. The number of rotatable bonds is 5. The topological polar surface area (TPSA) is 8.17 Å². The van der Waals surface area contributed by atoms with Crippen molar-refractivity contribution >= 4 is 60.4 Å². The molecule has 0 amide bonds. The Morgan fingerprint density at radius 3 is 1.40 bits per heavy atom. The second-order valence-corrected chi connectivity index (χ2v) is 23.4. The summed E-state index contributed by atoms with van der Waals surface area (Å²) in [5.74, 6) is 0. The number of nitrogens with zero attached hydrogens (tertiary/aromatic N) is 2. The van der Waals surface area contributed by atoms with Gasteiger partial charge < -0.3 is 9.47 Å². The third-order valence-electron chi connectivity index (χ3n) is 19.6. The van der Waals surface area contributed by atoms with Gasteiger partial charge in [-0.25, -0.2) is 0 Å². The van der Waals surface area contributed by atoms with Gasteiger partial charge in [0.2, 0.25) is 0 Å². The van der Waals surface area contributed by atoms with E-state index in [9.17, 15) is 0 Å². The number of hydrogen-bond acceptors (Lipinski definition) is 1. The second-order valence-electron chi connectivity index (χ2n) is 23.4. The first-order chi connectivity index (χ1) is 41.7. The van der Waals surface area contributed by atoms with Crippen LogP contribution in [0.1, 0.15) is 44.5 Å². The average molecular weight is 1060 g/mol. The first-order valence-electron chi connectivity index (χ1n) is 29.4. The molecule has 0 saturated carbocycles. The smallest absolute Gasteiger partial charge is 0.0754 e. The molecular weight excluding hydrogens is 1010 g/mol. The molecule has 0 radical (unpaired) electrons. The number of aromatic nitrogens is 1. The first kappa shape index (κ1) is 45.9. The Hall–Kier alpha value is -10.8. The van der Waals surface area contributed by atoms with E-state index in [0.717, 1.165) is 17.1 Å². The Labute approximate surface area is 487 Å². The van der Waals surface area contributed by atoms with Gasteiger partial charge in [0, 0.05) is 27.8 Å². The normalized spacial score (nSPS) is 15.0. The number of para-hydroxylation sites is 3. The summed E-state index contributed by atoms with van der Waals surface area (Å²) in [5, 5.41) is 7.45. The Balaban J connectivity index is 0.774. The van der Waals surface area contributed by atoms with E-state index in [1.807, 2.05) is 0 Å². The highest BCUT2D eigenvalue weighted by molar-refractivity contribution is 6.13. The van der Waals surface area contributed by atoms with Gasteiger partial charge in [-0.1, -0.05) is 243 Å². The molecule has 1 unspecified atom stereocenters. The third kappa shape index (κ3) is 5.88. The maximum atomic E-state index is 2.53. The zero-order valence-electron chi connectivity index (χ0n) is 45.8. The summed E-state index contributed by atoms with van der Waals surface area (Å²) < 4.78 is 2.53. The fraction of sp³-hybridized carbons (Fsp3) is 0.0244. The predicted molar refractivity (Wildman–Crippen MR) is 349 cm³/mol. The van der Waals surface area contributed by atoms with Crippen LogP contribution < -0.4 is 4.90 Å². The molecule has 0 fully saturated rings. The van der Waals surface area contributed by atoms with Crippen LogP contribution in [0.15, 0.2) is 303 Å². The van der Waals surface area contributed by atoms with E-state index >= 15 is 0 Å². The van der Waals surface area contributed by atoms with Crippen LogP contribution in [-0.2, 0) is 10.8 Å². The van der Waals surface area contributed by atoms with Crippen LogP contribution in [0.4, 0.5) is 17.1 Å². The van der Waals surface area contributed by atoms with Crippen molar-refractivity contribution in [3.8, 4) is 61.3 Å². The number of hydrogen-bond donors (Lipinski definition) is 0. The molecule has 1 aromatic heterocycles. The van der Waals surface area contributed by atoms with Crippen LogP contribution in [-0.4, -0.2) is 4.57 Å². The molecule has 19 rings (SSSR count). The van der Waals surface area contributed by atoms with Gasteiger partial charge in [-0.3, -0.25) is 0 Å². The lowest BCUT2D eigenvalue weighted by atomic mass is 9.65. The van der Waals surface area contributed by atoms with E-state index in [4.69, 9.17) is 0 Å². The summed E-state index contributed by atoms with van der Waals surface area (Å²) in [5.41, 5.74) is 29.4. The van der Waals surface area contributed by atoms with E-state index in [1.165, 1.54) is 149 Å². The van der Waals surface area contributed by atoms with Crippen LogP contribution in [0.25, 0.3) is 105 Å². The molecule has 3 aliphatic carbocycles. The van der Waals surface area contributed by atoms with Gasteiger partial charge in [-0.15, -0.1) is 0 Å². The lowest BCUT2D eigenvalue weighted by Gasteiger charge is -2.39. The van der Waals surface area contributed by atoms with Crippen LogP contribution in [0.5, 0.6) is 0 Å². The van der Waals surface area contributed by atoms with Crippen molar-refractivity contribution in [2.24, 2.45) is 0 Å². The Kier molecular flexibility index (Phi) is 9.23. The molecule has 2 heteroatoms. The first-order valence-corrected chi connectivity index (χ1v) is 29.4. The van der Waals surface area contributed by atoms with Gasteiger partial charge in [-0.05, 0) is 182 Å². The van der Waals surface area contributed by atoms with E-state index in [2.05, 4.69) is 313 Å². The largest absolute Gasteiger partial charge is 0.310 e. The fourth-order valence-corrected chi connectivity index (χ4v) is 16.2. The molecule has 0 saturated heterocycles. The van der Waals surface area contributed by atoms with Gasteiger partial charge >= 0.3 is 0 Å². The van der Waals surface area contributed by atoms with E-state index in [1.54, 1.807) is 0 Å². The highest BCUT2D eigenvalue weighted by Gasteiger charge is 2.53. The Morgan fingerprint density at radius 2 is 0.679 bits per heavy atom. The average Bonchev–Trinajstić information content (AvgIpc) is 1.57. The van der Waals surface area contributed by atoms with Crippen molar-refractivity contribution in [3.63, 3.8) is 0 Å². The minimum atomic E-state index is -0.519. The molecule has 0 N–H and O–H groups in total. The molecule has 388 valence electrons. The summed E-state index contributed by atoms with van der Waals surface area (Å²) >= 11 is 0. The zero-order chi connectivity index (χ0) is 54.8. The maximum absolute atomic E-state index is 2.53. The summed E-state index contributed by atoms with van der Waals surface area (Å²) in [6.45, 7) is 0. The molecule has 84 heavy (non-hydrogen) atoms. The minimum absolute atomic E-state index is 0.466. The Bertz CT molecular complexity index is 5280. The number of benzene rings is 14. The fourth-order valence-electron chi connectivity index (χ4n) is 16.2. The molecule has 2 heterocycles. The second kappa shape index (κ2) is 16.9. The summed E-state index contributed by atoms with van der Waals surface area (Å²) in [7, 11) is 0. The monoisotopic (exact) mass is 1060 g/mol. The quantitative estimate of drug-likeness (QED) is 0.167. The standard InChI is InChI=1S/C82H50N2/c1-2-19-60-51(17-1)18-15-25-61(60)52-37-41-57(42-38-52)83(59-44-46-67-65-23-5-10-29-72(65)81(77(67)50-59)70-27-8-3-20-62(70)63-21-4-9-28-71(63)81)58-43-39-54-47-53(35-36-55(54)48-58)56-40-45-66-64-22-6-11-30-73(64)82(76(66)49-56)74-31-12-14-34-79(74)84-78-33-13-7-24-68(78)69-26-16-32-75(82)80(69)84/h1-50H. The SMILES string of the molecule is c1ccc2c(c1)-c1ccccc1C21c2ccccc2-c2ccc(N(c3ccc(-c4cccc5ccccc45)cc3)c3ccc4cc(-c5ccc6c(c5)C5(c7ccccc7-6)c6ccccc6-n6c7ccccc7c7cccc5c76)ccc4c3)cc21. The van der Waals surface area contributed by atoms with E-state index in [0.29, 0.717) is 0 Å². The van der Waals surface area contributed by atoms with Crippen molar-refractivity contribution in [1.82, 2.24) is 4.57 Å². The van der Waals surface area contributed by atoms with E-state index in [-0.39, 0.29) is 0 Å². The van der Waals surface area contributed by atoms with Crippen molar-refractivity contribution in [2.45, 2.75) is 10.8 Å². The predicted octanol–water partition coefficient (Wildman–Crippen LogP) is 20.9. The molecule has 2 nitrogen and oxygen atoms in total. The van der Waals surface area contributed by atoms with Gasteiger partial charge in [-0.2, -0.15) is 0 Å². The Morgan fingerprint density at radius 1 is 0.238 bits per heavy atom. The zero-order valence-corrected chi connectivity index (χ0v) is 45.8. The lowest BCUT2D eigenvalue weighted by Crippen LogP contribution is -2.33.